The third-order valence-electron chi connectivity index (χ3n) is 2.01. The van der Waals surface area contributed by atoms with Gasteiger partial charge in [0.15, 0.2) is 5.79 Å². The molecular weight excluding hydrogens is 420 g/mol. The van der Waals surface area contributed by atoms with Gasteiger partial charge in [0, 0.05) is 12.1 Å². The van der Waals surface area contributed by atoms with E-state index in [1.165, 1.54) is 0 Å². The van der Waals surface area contributed by atoms with Gasteiger partial charge in [0.1, 0.15) is 0 Å². The molecule has 0 aliphatic heterocycles. The topological polar surface area (TPSA) is 65.2 Å². The minimum atomic E-state index is -0.634. The number of hydrogen-bond acceptors (Lipinski definition) is 4. The summed E-state index contributed by atoms with van der Waals surface area (Å²) >= 11 is 0. The first-order chi connectivity index (χ1) is 6.51. The van der Waals surface area contributed by atoms with Gasteiger partial charge in [0.05, 0.1) is 0 Å². The fraction of sp³-hybridized carbons (Fsp3) is 0.667. The highest BCUT2D eigenvalue weighted by molar-refractivity contribution is 8.93. The number of carbonyl (C=O) groups is 1. The van der Waals surface area contributed by atoms with E-state index < -0.39 is 5.79 Å². The van der Waals surface area contributed by atoms with E-state index >= 15 is 0 Å². The van der Waals surface area contributed by atoms with Gasteiger partial charge in [-0.15, -0.1) is 50.9 Å². The van der Waals surface area contributed by atoms with Crippen molar-refractivity contribution in [3.05, 3.63) is 12.2 Å². The lowest BCUT2D eigenvalue weighted by atomic mass is 10.2. The lowest BCUT2D eigenvalue weighted by Gasteiger charge is -2.34. The van der Waals surface area contributed by atoms with Crippen molar-refractivity contribution in [3.8, 4) is 0 Å². The lowest BCUT2D eigenvalue weighted by Crippen LogP contribution is -2.70. The number of carbonyl (C=O) groups excluding carboxylic acids is 1. The Morgan fingerprint density at radius 2 is 1.53 bits per heavy atom. The maximum atomic E-state index is 11.4. The van der Waals surface area contributed by atoms with Gasteiger partial charge in [-0.1, -0.05) is 6.58 Å². The number of nitrogens with one attached hydrogen (secondary N) is 4. The van der Waals surface area contributed by atoms with E-state index in [2.05, 4.69) is 27.8 Å². The Balaban J connectivity index is -0.000000282. The monoisotopic (exact) mass is 440 g/mol. The molecule has 0 saturated carbocycles. The number of rotatable bonds is 6. The van der Waals surface area contributed by atoms with Crippen LogP contribution in [0.5, 0.6) is 0 Å². The van der Waals surface area contributed by atoms with E-state index in [1.54, 1.807) is 21.0 Å². The van der Waals surface area contributed by atoms with Crippen molar-refractivity contribution in [2.24, 2.45) is 0 Å². The number of halogens is 3. The summed E-state index contributed by atoms with van der Waals surface area (Å²) in [5, 5.41) is 11.8. The summed E-state index contributed by atoms with van der Waals surface area (Å²) in [6.45, 7) is 5.82. The van der Waals surface area contributed by atoms with E-state index in [1.807, 2.05) is 7.05 Å². The molecule has 5 nitrogen and oxygen atoms in total. The van der Waals surface area contributed by atoms with Crippen molar-refractivity contribution in [2.75, 3.05) is 27.7 Å². The summed E-state index contributed by atoms with van der Waals surface area (Å²) in [6.07, 6.45) is 0. The molecule has 0 saturated heterocycles. The quantitative estimate of drug-likeness (QED) is 0.361. The third-order valence-corrected chi connectivity index (χ3v) is 2.01. The zero-order chi connectivity index (χ0) is 11.2. The Hall–Kier alpha value is 0.530. The first-order valence-corrected chi connectivity index (χ1v) is 4.51. The molecule has 0 fully saturated rings. The Bertz CT molecular complexity index is 222. The van der Waals surface area contributed by atoms with Gasteiger partial charge in [-0.3, -0.25) is 15.4 Å². The Labute approximate surface area is 135 Å². The molecule has 0 aromatic carbocycles. The molecule has 1 amide bonds. The molecular formula is C9H23Br3N4O. The summed E-state index contributed by atoms with van der Waals surface area (Å²) in [5.41, 5.74) is 0.482. The maximum absolute atomic E-state index is 11.4. The van der Waals surface area contributed by atoms with Gasteiger partial charge < -0.3 is 10.6 Å². The second-order valence-electron chi connectivity index (χ2n) is 3.17. The second-order valence-corrected chi connectivity index (χ2v) is 3.17. The summed E-state index contributed by atoms with van der Waals surface area (Å²) in [5.74, 6) is -0.811. The standard InChI is InChI=1S/C9H20N4O.3BrH/c1-7(2)8(14)13-9(11-4,12-5)6-10-3;;;/h10-12H,1,6H2,2-5H3,(H,13,14);3*1H. The predicted octanol–water partition coefficient (Wildman–Crippen LogP) is 0.724. The van der Waals surface area contributed by atoms with Crippen molar-refractivity contribution in [1.82, 2.24) is 21.3 Å². The van der Waals surface area contributed by atoms with Crippen LogP contribution in [0.4, 0.5) is 0 Å². The molecule has 0 rings (SSSR count). The van der Waals surface area contributed by atoms with E-state index in [9.17, 15) is 4.79 Å². The highest BCUT2D eigenvalue weighted by Crippen LogP contribution is 1.95. The van der Waals surface area contributed by atoms with E-state index in [0.717, 1.165) is 0 Å². The molecule has 0 aromatic heterocycles. The SMILES string of the molecule is Br.Br.Br.C=C(C)C(=O)NC(CNC)(NC)NC. The average molecular weight is 443 g/mol. The van der Waals surface area contributed by atoms with Gasteiger partial charge in [0.25, 0.3) is 0 Å². The molecule has 0 aromatic rings. The molecule has 0 radical (unpaired) electrons. The van der Waals surface area contributed by atoms with Crippen LogP contribution in [0.25, 0.3) is 0 Å². The minimum absolute atomic E-state index is 0. The number of amides is 1. The van der Waals surface area contributed by atoms with Gasteiger partial charge in [-0.25, -0.2) is 0 Å². The first kappa shape index (κ1) is 26.2. The van der Waals surface area contributed by atoms with Gasteiger partial charge in [0.2, 0.25) is 5.91 Å². The van der Waals surface area contributed by atoms with Crippen LogP contribution >= 0.6 is 50.9 Å². The second kappa shape index (κ2) is 13.0. The van der Waals surface area contributed by atoms with Crippen molar-refractivity contribution in [2.45, 2.75) is 12.7 Å². The predicted molar refractivity (Wildman–Crippen MR) is 88.7 cm³/mol. The van der Waals surface area contributed by atoms with Crippen LogP contribution in [0.15, 0.2) is 12.2 Å². The maximum Gasteiger partial charge on any atom is 0.248 e. The zero-order valence-electron chi connectivity index (χ0n) is 10.5. The molecule has 0 spiro atoms. The fourth-order valence-corrected chi connectivity index (χ4v) is 1.04. The molecule has 17 heavy (non-hydrogen) atoms. The highest BCUT2D eigenvalue weighted by Gasteiger charge is 2.26. The normalized spacial score (nSPS) is 9.18. The highest BCUT2D eigenvalue weighted by atomic mass is 79.9. The molecule has 0 atom stereocenters. The van der Waals surface area contributed by atoms with Crippen LogP contribution < -0.4 is 21.3 Å². The zero-order valence-corrected chi connectivity index (χ0v) is 15.7. The summed E-state index contributed by atoms with van der Waals surface area (Å²) in [6, 6.07) is 0. The fourth-order valence-electron chi connectivity index (χ4n) is 1.04. The average Bonchev–Trinajstić information content (AvgIpc) is 2.16. The molecule has 106 valence electrons. The molecule has 4 N–H and O–H groups in total. The summed E-state index contributed by atoms with van der Waals surface area (Å²) in [7, 11) is 5.36. The smallest absolute Gasteiger partial charge is 0.248 e. The number of hydrogen-bond donors (Lipinski definition) is 4. The van der Waals surface area contributed by atoms with Crippen LogP contribution in [0.1, 0.15) is 6.92 Å². The summed E-state index contributed by atoms with van der Waals surface area (Å²) < 4.78 is 0. The van der Waals surface area contributed by atoms with Crippen molar-refractivity contribution in [3.63, 3.8) is 0 Å². The van der Waals surface area contributed by atoms with E-state index in [4.69, 9.17) is 0 Å². The van der Waals surface area contributed by atoms with Crippen LogP contribution in [-0.4, -0.2) is 39.4 Å². The van der Waals surface area contributed by atoms with Crippen molar-refractivity contribution in [1.29, 1.82) is 0 Å². The first-order valence-electron chi connectivity index (χ1n) is 4.51. The minimum Gasteiger partial charge on any atom is -0.321 e. The molecule has 0 bridgehead atoms. The molecule has 0 aliphatic carbocycles. The summed E-state index contributed by atoms with van der Waals surface area (Å²) in [4.78, 5) is 11.4. The molecule has 0 heterocycles. The van der Waals surface area contributed by atoms with E-state index in [0.29, 0.717) is 12.1 Å². The van der Waals surface area contributed by atoms with Crippen LogP contribution in [0.3, 0.4) is 0 Å². The van der Waals surface area contributed by atoms with Gasteiger partial charge >= 0.3 is 0 Å². The molecule has 0 aliphatic rings. The van der Waals surface area contributed by atoms with E-state index in [-0.39, 0.29) is 56.9 Å². The van der Waals surface area contributed by atoms with Crippen LogP contribution in [0, 0.1) is 0 Å². The third kappa shape index (κ3) is 9.15. The molecule has 0 unspecified atom stereocenters. The van der Waals surface area contributed by atoms with Crippen molar-refractivity contribution >= 4 is 56.9 Å². The van der Waals surface area contributed by atoms with Gasteiger partial charge in [-0.05, 0) is 28.1 Å². The van der Waals surface area contributed by atoms with Crippen LogP contribution in [0.2, 0.25) is 0 Å². The number of likely N-dealkylation sites (N-methyl/N-ethyl adjacent to an activating group) is 3. The Morgan fingerprint density at radius 1 is 1.12 bits per heavy atom. The Morgan fingerprint density at radius 3 is 1.76 bits per heavy atom. The van der Waals surface area contributed by atoms with Gasteiger partial charge in [-0.2, -0.15) is 0 Å². The largest absolute Gasteiger partial charge is 0.321 e. The van der Waals surface area contributed by atoms with Crippen LogP contribution in [-0.2, 0) is 4.79 Å². The Kier molecular flexibility index (Phi) is 20.0. The molecule has 8 heteroatoms. The lowest BCUT2D eigenvalue weighted by molar-refractivity contribution is -0.120. The van der Waals surface area contributed by atoms with Crippen molar-refractivity contribution < 1.29 is 4.79 Å².